The number of amides is 2. The summed E-state index contributed by atoms with van der Waals surface area (Å²) >= 11 is 0. The van der Waals surface area contributed by atoms with E-state index in [-0.39, 0.29) is 6.03 Å². The van der Waals surface area contributed by atoms with Crippen LogP contribution in [0.25, 0.3) is 0 Å². The fourth-order valence-electron chi connectivity index (χ4n) is 3.44. The molecule has 0 saturated heterocycles. The molecule has 2 aromatic carbocycles. The molecule has 0 saturated carbocycles. The van der Waals surface area contributed by atoms with E-state index in [2.05, 4.69) is 23.6 Å². The molecule has 2 amide bonds. The topological polar surface area (TPSA) is 59.6 Å². The summed E-state index contributed by atoms with van der Waals surface area (Å²) in [6.07, 6.45) is 2.75. The van der Waals surface area contributed by atoms with Gasteiger partial charge in [0.05, 0.1) is 13.2 Å². The standard InChI is InChI=1S/C20H22N2O3/c1-2-13-3-5-15(6-4-13)22-20(23)21-12-17-16-8-10-24-18(16)11-14-7-9-25-19(14)17/h3-6,11H,2,7-10,12H2,1H3,(H2,21,22,23). The lowest BCUT2D eigenvalue weighted by atomic mass is 9.99. The molecular formula is C20H22N2O3. The first-order chi connectivity index (χ1) is 12.2. The van der Waals surface area contributed by atoms with Crippen molar-refractivity contribution in [2.24, 2.45) is 0 Å². The molecule has 2 heterocycles. The maximum atomic E-state index is 12.2. The molecule has 0 aromatic heterocycles. The highest BCUT2D eigenvalue weighted by Gasteiger charge is 2.26. The van der Waals surface area contributed by atoms with Crippen LogP contribution in [0, 0.1) is 0 Å². The predicted molar refractivity (Wildman–Crippen MR) is 96.5 cm³/mol. The second kappa shape index (κ2) is 6.67. The van der Waals surface area contributed by atoms with Gasteiger partial charge in [-0.25, -0.2) is 4.79 Å². The van der Waals surface area contributed by atoms with E-state index < -0.39 is 0 Å². The Morgan fingerprint density at radius 1 is 1.12 bits per heavy atom. The van der Waals surface area contributed by atoms with Gasteiger partial charge in [0.25, 0.3) is 0 Å². The molecule has 2 N–H and O–H groups in total. The molecular weight excluding hydrogens is 316 g/mol. The van der Waals surface area contributed by atoms with Gasteiger partial charge in [0.1, 0.15) is 11.5 Å². The van der Waals surface area contributed by atoms with Gasteiger partial charge in [-0.3, -0.25) is 0 Å². The van der Waals surface area contributed by atoms with Crippen molar-refractivity contribution in [2.45, 2.75) is 32.7 Å². The van der Waals surface area contributed by atoms with Crippen LogP contribution in [0.3, 0.4) is 0 Å². The van der Waals surface area contributed by atoms with E-state index in [0.29, 0.717) is 19.8 Å². The summed E-state index contributed by atoms with van der Waals surface area (Å²) in [6, 6.07) is 9.77. The van der Waals surface area contributed by atoms with Crippen molar-refractivity contribution in [3.05, 3.63) is 52.6 Å². The first-order valence-corrected chi connectivity index (χ1v) is 8.81. The van der Waals surface area contributed by atoms with E-state index in [1.54, 1.807) is 0 Å². The van der Waals surface area contributed by atoms with Gasteiger partial charge in [-0.05, 0) is 30.2 Å². The van der Waals surface area contributed by atoms with E-state index in [1.807, 2.05) is 24.3 Å². The Kier molecular flexibility index (Phi) is 4.22. The molecule has 0 atom stereocenters. The number of benzene rings is 2. The van der Waals surface area contributed by atoms with Crippen LogP contribution in [-0.2, 0) is 25.8 Å². The maximum Gasteiger partial charge on any atom is 0.319 e. The highest BCUT2D eigenvalue weighted by molar-refractivity contribution is 5.89. The van der Waals surface area contributed by atoms with Crippen LogP contribution in [-0.4, -0.2) is 19.2 Å². The summed E-state index contributed by atoms with van der Waals surface area (Å²) in [4.78, 5) is 12.2. The van der Waals surface area contributed by atoms with Crippen molar-refractivity contribution in [3.8, 4) is 11.5 Å². The Bertz CT molecular complexity index is 767. The maximum absolute atomic E-state index is 12.2. The Morgan fingerprint density at radius 3 is 2.72 bits per heavy atom. The van der Waals surface area contributed by atoms with Crippen molar-refractivity contribution in [2.75, 3.05) is 18.5 Å². The van der Waals surface area contributed by atoms with Gasteiger partial charge in [-0.2, -0.15) is 0 Å². The number of rotatable bonds is 4. The molecule has 0 spiro atoms. The quantitative estimate of drug-likeness (QED) is 0.898. The van der Waals surface area contributed by atoms with Gasteiger partial charge in [0, 0.05) is 41.8 Å². The van der Waals surface area contributed by atoms with Crippen molar-refractivity contribution in [3.63, 3.8) is 0 Å². The Labute approximate surface area is 147 Å². The smallest absolute Gasteiger partial charge is 0.319 e. The normalized spacial score (nSPS) is 14.3. The summed E-state index contributed by atoms with van der Waals surface area (Å²) in [5, 5.41) is 5.83. The Morgan fingerprint density at radius 2 is 1.92 bits per heavy atom. The van der Waals surface area contributed by atoms with Gasteiger partial charge < -0.3 is 20.1 Å². The third-order valence-electron chi connectivity index (χ3n) is 4.81. The van der Waals surface area contributed by atoms with Gasteiger partial charge in [-0.15, -0.1) is 0 Å². The highest BCUT2D eigenvalue weighted by Crippen LogP contribution is 2.40. The molecule has 5 nitrogen and oxygen atoms in total. The second-order valence-electron chi connectivity index (χ2n) is 6.38. The molecule has 0 radical (unpaired) electrons. The van der Waals surface area contributed by atoms with Crippen LogP contribution < -0.4 is 20.1 Å². The summed E-state index contributed by atoms with van der Waals surface area (Å²) in [5.41, 5.74) is 5.43. The summed E-state index contributed by atoms with van der Waals surface area (Å²) in [7, 11) is 0. The first kappa shape index (κ1) is 15.8. The van der Waals surface area contributed by atoms with Gasteiger partial charge >= 0.3 is 6.03 Å². The highest BCUT2D eigenvalue weighted by atomic mass is 16.5. The fourth-order valence-corrected chi connectivity index (χ4v) is 3.44. The number of ether oxygens (including phenoxy) is 2. The van der Waals surface area contributed by atoms with Crippen LogP contribution in [0.1, 0.15) is 29.2 Å². The van der Waals surface area contributed by atoms with Gasteiger partial charge in [0.2, 0.25) is 0 Å². The van der Waals surface area contributed by atoms with Crippen LogP contribution in [0.5, 0.6) is 11.5 Å². The van der Waals surface area contributed by atoms with Crippen LogP contribution in [0.15, 0.2) is 30.3 Å². The molecule has 0 bridgehead atoms. The van der Waals surface area contributed by atoms with Crippen LogP contribution in [0.4, 0.5) is 10.5 Å². The number of anilines is 1. The van der Waals surface area contributed by atoms with Crippen molar-refractivity contribution >= 4 is 11.7 Å². The zero-order valence-corrected chi connectivity index (χ0v) is 14.4. The molecule has 2 aromatic rings. The minimum atomic E-state index is -0.215. The number of aryl methyl sites for hydroxylation is 1. The molecule has 2 aliphatic rings. The van der Waals surface area contributed by atoms with Crippen LogP contribution in [0.2, 0.25) is 0 Å². The molecule has 2 aliphatic heterocycles. The molecule has 25 heavy (non-hydrogen) atoms. The van der Waals surface area contributed by atoms with Crippen molar-refractivity contribution in [1.29, 1.82) is 0 Å². The predicted octanol–water partition coefficient (Wildman–Crippen LogP) is 3.44. The molecule has 0 unspecified atom stereocenters. The zero-order chi connectivity index (χ0) is 17.2. The van der Waals surface area contributed by atoms with Crippen LogP contribution >= 0.6 is 0 Å². The Balaban J connectivity index is 1.45. The van der Waals surface area contributed by atoms with Gasteiger partial charge in [0.15, 0.2) is 0 Å². The summed E-state index contributed by atoms with van der Waals surface area (Å²) < 4.78 is 11.5. The average molecular weight is 338 g/mol. The summed E-state index contributed by atoms with van der Waals surface area (Å²) in [5.74, 6) is 1.87. The average Bonchev–Trinajstić information content (AvgIpc) is 3.28. The second-order valence-corrected chi connectivity index (χ2v) is 6.38. The SMILES string of the molecule is CCc1ccc(NC(=O)NCc2c3c(cc4c2OCC4)OCC3)cc1. The first-order valence-electron chi connectivity index (χ1n) is 8.81. The number of urea groups is 1. The number of carbonyl (C=O) groups excluding carboxylic acids is 1. The van der Waals surface area contributed by atoms with E-state index in [1.165, 1.54) is 11.1 Å². The van der Waals surface area contributed by atoms with E-state index in [4.69, 9.17) is 9.47 Å². The zero-order valence-electron chi connectivity index (χ0n) is 14.4. The van der Waals surface area contributed by atoms with Crippen molar-refractivity contribution in [1.82, 2.24) is 5.32 Å². The monoisotopic (exact) mass is 338 g/mol. The number of nitrogens with one attached hydrogen (secondary N) is 2. The fraction of sp³-hybridized carbons (Fsp3) is 0.350. The molecule has 5 heteroatoms. The molecule has 0 fully saturated rings. The summed E-state index contributed by atoms with van der Waals surface area (Å²) in [6.45, 7) is 3.94. The van der Waals surface area contributed by atoms with Crippen molar-refractivity contribution < 1.29 is 14.3 Å². The molecule has 4 rings (SSSR count). The molecule has 0 aliphatic carbocycles. The molecule has 130 valence electrons. The van der Waals surface area contributed by atoms with E-state index >= 15 is 0 Å². The Hall–Kier alpha value is -2.69. The third-order valence-corrected chi connectivity index (χ3v) is 4.81. The lowest BCUT2D eigenvalue weighted by molar-refractivity contribution is 0.251. The minimum Gasteiger partial charge on any atom is -0.493 e. The van der Waals surface area contributed by atoms with Gasteiger partial charge in [-0.1, -0.05) is 19.1 Å². The minimum absolute atomic E-state index is 0.215. The van der Waals surface area contributed by atoms with E-state index in [9.17, 15) is 4.79 Å². The lowest BCUT2D eigenvalue weighted by Gasteiger charge is -2.14. The largest absolute Gasteiger partial charge is 0.493 e. The number of fused-ring (bicyclic) bond motifs is 2. The third kappa shape index (κ3) is 3.14. The number of carbonyl (C=O) groups is 1. The number of hydrogen-bond acceptors (Lipinski definition) is 3. The van der Waals surface area contributed by atoms with E-state index in [0.717, 1.165) is 47.6 Å². The lowest BCUT2D eigenvalue weighted by Crippen LogP contribution is -2.28. The number of hydrogen-bond donors (Lipinski definition) is 2.